The van der Waals surface area contributed by atoms with E-state index in [1.165, 1.54) is 5.56 Å². The fraction of sp³-hybridized carbons (Fsp3) is 0.548. The van der Waals surface area contributed by atoms with E-state index in [2.05, 4.69) is 6.07 Å². The normalized spacial score (nSPS) is 21.2. The lowest BCUT2D eigenvalue weighted by Crippen LogP contribution is -2.65. The third-order valence-electron chi connectivity index (χ3n) is 7.60. The Balaban J connectivity index is 1.56. The van der Waals surface area contributed by atoms with Crippen LogP contribution in [0.25, 0.3) is 0 Å². The minimum absolute atomic E-state index is 0.0428. The van der Waals surface area contributed by atoms with Crippen molar-refractivity contribution in [1.82, 2.24) is 9.80 Å². The molecule has 7 nitrogen and oxygen atoms in total. The van der Waals surface area contributed by atoms with Crippen molar-refractivity contribution >= 4 is 23.4 Å². The molecule has 0 N–H and O–H groups in total. The smallest absolute Gasteiger partial charge is 0.266 e. The van der Waals surface area contributed by atoms with Crippen LogP contribution in [-0.4, -0.2) is 71.7 Å². The van der Waals surface area contributed by atoms with Crippen molar-refractivity contribution in [2.75, 3.05) is 32.8 Å². The van der Waals surface area contributed by atoms with Crippen molar-refractivity contribution in [2.45, 2.75) is 77.5 Å². The SMILES string of the molecule is Cc1cc(OC(C)(C)C(=O)N2CCOC3(CCCCc4ccccc4OCCN(C(C)C)C3=O)C2)ccc1Cl. The number of nitrogens with zero attached hydrogens (tertiary/aromatic N) is 2. The number of carbonyl (C=O) groups is 2. The predicted molar refractivity (Wildman–Crippen MR) is 152 cm³/mol. The van der Waals surface area contributed by atoms with Crippen molar-refractivity contribution in [3.8, 4) is 11.5 Å². The maximum atomic E-state index is 14.2. The van der Waals surface area contributed by atoms with Crippen LogP contribution in [0.1, 0.15) is 58.1 Å². The zero-order valence-corrected chi connectivity index (χ0v) is 24.6. The Labute approximate surface area is 237 Å². The number of morpholine rings is 1. The van der Waals surface area contributed by atoms with Crippen LogP contribution in [0.5, 0.6) is 11.5 Å². The number of carbonyl (C=O) groups excluding carboxylic acids is 2. The number of amides is 2. The molecule has 0 saturated carbocycles. The molecule has 2 heterocycles. The molecule has 1 atom stereocenters. The fourth-order valence-corrected chi connectivity index (χ4v) is 5.55. The molecule has 2 aromatic carbocycles. The summed E-state index contributed by atoms with van der Waals surface area (Å²) in [7, 11) is 0. The highest BCUT2D eigenvalue weighted by molar-refractivity contribution is 6.31. The van der Waals surface area contributed by atoms with E-state index >= 15 is 0 Å². The zero-order chi connectivity index (χ0) is 28.2. The van der Waals surface area contributed by atoms with Crippen LogP contribution in [0.4, 0.5) is 0 Å². The van der Waals surface area contributed by atoms with Crippen LogP contribution >= 0.6 is 11.6 Å². The molecule has 39 heavy (non-hydrogen) atoms. The van der Waals surface area contributed by atoms with Crippen LogP contribution in [0, 0.1) is 6.92 Å². The molecule has 1 saturated heterocycles. The first kappa shape index (κ1) is 29.2. The topological polar surface area (TPSA) is 68.3 Å². The summed E-state index contributed by atoms with van der Waals surface area (Å²) in [6.07, 6.45) is 3.08. The van der Waals surface area contributed by atoms with Gasteiger partial charge in [0.2, 0.25) is 0 Å². The Morgan fingerprint density at radius 3 is 2.62 bits per heavy atom. The van der Waals surface area contributed by atoms with Gasteiger partial charge in [0.25, 0.3) is 11.8 Å². The molecule has 0 radical (unpaired) electrons. The molecule has 2 aliphatic rings. The van der Waals surface area contributed by atoms with E-state index in [4.69, 9.17) is 25.8 Å². The summed E-state index contributed by atoms with van der Waals surface area (Å²) in [5, 5.41) is 0.645. The average Bonchev–Trinajstić information content (AvgIpc) is 2.90. The van der Waals surface area contributed by atoms with E-state index in [-0.39, 0.29) is 24.4 Å². The van der Waals surface area contributed by atoms with E-state index in [9.17, 15) is 9.59 Å². The van der Waals surface area contributed by atoms with Crippen molar-refractivity contribution in [3.63, 3.8) is 0 Å². The van der Waals surface area contributed by atoms with Gasteiger partial charge in [-0.3, -0.25) is 9.59 Å². The molecule has 1 unspecified atom stereocenters. The van der Waals surface area contributed by atoms with Crippen LogP contribution in [0.3, 0.4) is 0 Å². The van der Waals surface area contributed by atoms with Crippen molar-refractivity contribution in [2.24, 2.45) is 0 Å². The standard InChI is InChI=1S/C31H41ClN2O5/c1-22(2)34-17-18-37-27-12-7-6-10-24(27)11-8-9-15-31(29(34)36)21-33(16-19-38-31)28(35)30(4,5)39-25-13-14-26(32)23(3)20-25/h6-7,10,12-14,20,22H,8-9,11,15-19,21H2,1-5H3. The summed E-state index contributed by atoms with van der Waals surface area (Å²) in [6, 6.07) is 13.4. The first-order valence-corrected chi connectivity index (χ1v) is 14.3. The summed E-state index contributed by atoms with van der Waals surface area (Å²) in [5.41, 5.74) is -0.194. The Kier molecular flexibility index (Phi) is 9.12. The summed E-state index contributed by atoms with van der Waals surface area (Å²) >= 11 is 6.17. The molecule has 1 fully saturated rings. The fourth-order valence-electron chi connectivity index (χ4n) is 5.43. The van der Waals surface area contributed by atoms with Gasteiger partial charge in [0.15, 0.2) is 11.2 Å². The lowest BCUT2D eigenvalue weighted by Gasteiger charge is -2.46. The van der Waals surface area contributed by atoms with E-state index in [0.717, 1.165) is 30.6 Å². The van der Waals surface area contributed by atoms with E-state index in [0.29, 0.717) is 43.5 Å². The molecular weight excluding hydrogens is 516 g/mol. The predicted octanol–water partition coefficient (Wildman–Crippen LogP) is 5.45. The number of rotatable bonds is 4. The minimum atomic E-state index is -1.14. The van der Waals surface area contributed by atoms with Crippen LogP contribution < -0.4 is 9.47 Å². The second-order valence-corrected chi connectivity index (χ2v) is 11.8. The van der Waals surface area contributed by atoms with Gasteiger partial charge in [-0.05, 0) is 95.7 Å². The highest BCUT2D eigenvalue weighted by Crippen LogP contribution is 2.32. The lowest BCUT2D eigenvalue weighted by molar-refractivity contribution is -0.182. The van der Waals surface area contributed by atoms with Gasteiger partial charge >= 0.3 is 0 Å². The second kappa shape index (κ2) is 12.2. The summed E-state index contributed by atoms with van der Waals surface area (Å²) < 4.78 is 18.6. The number of aryl methyl sites for hydroxylation is 2. The van der Waals surface area contributed by atoms with Crippen molar-refractivity contribution < 1.29 is 23.8 Å². The molecule has 2 amide bonds. The van der Waals surface area contributed by atoms with Gasteiger partial charge in [0.05, 0.1) is 19.7 Å². The number of ether oxygens (including phenoxy) is 3. The summed E-state index contributed by atoms with van der Waals surface area (Å²) in [4.78, 5) is 31.5. The highest BCUT2D eigenvalue weighted by atomic mass is 35.5. The first-order chi connectivity index (χ1) is 18.5. The van der Waals surface area contributed by atoms with Crippen LogP contribution in [0.15, 0.2) is 42.5 Å². The Bertz CT molecular complexity index is 1180. The number of fused-ring (bicyclic) bond motifs is 1. The Morgan fingerprint density at radius 1 is 1.10 bits per heavy atom. The second-order valence-electron chi connectivity index (χ2n) is 11.3. The van der Waals surface area contributed by atoms with Gasteiger partial charge in [-0.15, -0.1) is 0 Å². The van der Waals surface area contributed by atoms with Crippen molar-refractivity contribution in [1.29, 1.82) is 0 Å². The van der Waals surface area contributed by atoms with Gasteiger partial charge in [0, 0.05) is 17.6 Å². The average molecular weight is 557 g/mol. The molecule has 0 aliphatic carbocycles. The zero-order valence-electron chi connectivity index (χ0n) is 23.8. The quantitative estimate of drug-likeness (QED) is 0.501. The lowest BCUT2D eigenvalue weighted by atomic mass is 9.90. The van der Waals surface area contributed by atoms with Gasteiger partial charge in [0.1, 0.15) is 18.1 Å². The number of para-hydroxylation sites is 1. The van der Waals surface area contributed by atoms with Crippen molar-refractivity contribution in [3.05, 3.63) is 58.6 Å². The molecular formula is C31H41ClN2O5. The molecule has 212 valence electrons. The van der Waals surface area contributed by atoms with E-state index in [1.807, 2.05) is 49.9 Å². The minimum Gasteiger partial charge on any atom is -0.491 e. The van der Waals surface area contributed by atoms with Crippen LogP contribution in [0.2, 0.25) is 5.02 Å². The van der Waals surface area contributed by atoms with Crippen LogP contribution in [-0.2, 0) is 20.7 Å². The third-order valence-corrected chi connectivity index (χ3v) is 8.03. The number of halogens is 1. The van der Waals surface area contributed by atoms with E-state index < -0.39 is 11.2 Å². The third kappa shape index (κ3) is 6.69. The molecule has 8 heteroatoms. The first-order valence-electron chi connectivity index (χ1n) is 13.9. The highest BCUT2D eigenvalue weighted by Gasteiger charge is 2.49. The van der Waals surface area contributed by atoms with Gasteiger partial charge in [-0.1, -0.05) is 29.8 Å². The van der Waals surface area contributed by atoms with Gasteiger partial charge in [-0.2, -0.15) is 0 Å². The summed E-state index contributed by atoms with van der Waals surface area (Å²) in [6.45, 7) is 11.1. The summed E-state index contributed by atoms with van der Waals surface area (Å²) in [5.74, 6) is 1.20. The molecule has 1 spiro atoms. The molecule has 2 aromatic rings. The van der Waals surface area contributed by atoms with Gasteiger partial charge in [-0.25, -0.2) is 0 Å². The van der Waals surface area contributed by atoms with E-state index in [1.54, 1.807) is 30.9 Å². The molecule has 0 bridgehead atoms. The number of hydrogen-bond donors (Lipinski definition) is 0. The van der Waals surface area contributed by atoms with Gasteiger partial charge < -0.3 is 24.0 Å². The maximum absolute atomic E-state index is 14.2. The maximum Gasteiger partial charge on any atom is 0.266 e. The Morgan fingerprint density at radius 2 is 1.87 bits per heavy atom. The Hall–Kier alpha value is -2.77. The number of benzene rings is 2. The molecule has 4 rings (SSSR count). The largest absolute Gasteiger partial charge is 0.491 e. The molecule has 0 aromatic heterocycles. The molecule has 2 aliphatic heterocycles. The monoisotopic (exact) mass is 556 g/mol. The number of hydrogen-bond acceptors (Lipinski definition) is 5.